The summed E-state index contributed by atoms with van der Waals surface area (Å²) in [4.78, 5) is 0. The summed E-state index contributed by atoms with van der Waals surface area (Å²) >= 11 is 0. The average molecular weight is 210 g/mol. The van der Waals surface area contributed by atoms with Crippen molar-refractivity contribution in [3.63, 3.8) is 0 Å². The van der Waals surface area contributed by atoms with Crippen molar-refractivity contribution in [1.82, 2.24) is 0 Å². The van der Waals surface area contributed by atoms with Crippen molar-refractivity contribution in [2.24, 2.45) is 11.8 Å². The van der Waals surface area contributed by atoms with Gasteiger partial charge in [-0.15, -0.1) is 0 Å². The molecule has 2 rings (SSSR count). The van der Waals surface area contributed by atoms with Crippen molar-refractivity contribution in [3.8, 4) is 0 Å². The highest BCUT2D eigenvalue weighted by atomic mass is 19.4. The molecule has 0 amide bonds. The second-order valence-corrected chi connectivity index (χ2v) is 4.24. The smallest absolute Gasteiger partial charge is 0.387 e. The molecule has 2 fully saturated rings. The lowest BCUT2D eigenvalue weighted by atomic mass is 10.1. The molecule has 14 heavy (non-hydrogen) atoms. The van der Waals surface area contributed by atoms with E-state index in [1.54, 1.807) is 0 Å². The van der Waals surface area contributed by atoms with Crippen molar-refractivity contribution in [3.05, 3.63) is 0 Å². The Balaban J connectivity index is 1.72. The molecule has 0 spiro atoms. The minimum atomic E-state index is -4.29. The van der Waals surface area contributed by atoms with E-state index in [2.05, 4.69) is 4.74 Å². The van der Waals surface area contributed by atoms with Crippen LogP contribution >= 0.6 is 0 Å². The first-order valence-electron chi connectivity index (χ1n) is 4.80. The van der Waals surface area contributed by atoms with Gasteiger partial charge in [0.2, 0.25) is 0 Å². The van der Waals surface area contributed by atoms with Gasteiger partial charge in [-0.3, -0.25) is 0 Å². The van der Waals surface area contributed by atoms with Gasteiger partial charge in [-0.05, 0) is 24.7 Å². The van der Waals surface area contributed by atoms with Crippen molar-refractivity contribution in [2.45, 2.75) is 31.0 Å². The molecule has 2 aliphatic carbocycles. The molecule has 0 aromatic rings. The average Bonchev–Trinajstić information content (AvgIpc) is 2.48. The van der Waals surface area contributed by atoms with E-state index >= 15 is 0 Å². The van der Waals surface area contributed by atoms with Gasteiger partial charge in [-0.1, -0.05) is 6.42 Å². The Bertz CT molecular complexity index is 217. The van der Waals surface area contributed by atoms with Crippen molar-refractivity contribution in [2.75, 3.05) is 13.2 Å². The van der Waals surface area contributed by atoms with Gasteiger partial charge in [0.1, 0.15) is 6.61 Å². The second-order valence-electron chi connectivity index (χ2n) is 4.24. The molecule has 2 aliphatic rings. The zero-order valence-corrected chi connectivity index (χ0v) is 7.68. The standard InChI is InChI=1S/C9H13F3O2/c10-9(11,12)5-14-4-8(13)6-2-1-3-7(6)8/h6-7,13H,1-5H2. The summed E-state index contributed by atoms with van der Waals surface area (Å²) in [6.07, 6.45) is -1.36. The van der Waals surface area contributed by atoms with Crippen LogP contribution in [0.15, 0.2) is 0 Å². The summed E-state index contributed by atoms with van der Waals surface area (Å²) < 4.78 is 39.7. The molecule has 5 heteroatoms. The zero-order valence-electron chi connectivity index (χ0n) is 7.68. The number of hydrogen-bond acceptors (Lipinski definition) is 2. The Hall–Kier alpha value is -0.290. The van der Waals surface area contributed by atoms with E-state index in [0.29, 0.717) is 0 Å². The number of aliphatic hydroxyl groups is 1. The maximum Gasteiger partial charge on any atom is 0.411 e. The molecule has 0 saturated heterocycles. The van der Waals surface area contributed by atoms with Crippen LogP contribution in [0.2, 0.25) is 0 Å². The molecule has 0 radical (unpaired) electrons. The number of ether oxygens (including phenoxy) is 1. The summed E-state index contributed by atoms with van der Waals surface area (Å²) in [5.74, 6) is 0.381. The maximum atomic E-state index is 11.7. The van der Waals surface area contributed by atoms with Crippen LogP contribution < -0.4 is 0 Å². The van der Waals surface area contributed by atoms with Crippen LogP contribution in [0.1, 0.15) is 19.3 Å². The molecular weight excluding hydrogens is 197 g/mol. The van der Waals surface area contributed by atoms with Gasteiger partial charge in [0.15, 0.2) is 0 Å². The van der Waals surface area contributed by atoms with E-state index in [-0.39, 0.29) is 18.4 Å². The molecule has 2 nitrogen and oxygen atoms in total. The molecule has 2 atom stereocenters. The van der Waals surface area contributed by atoms with E-state index in [9.17, 15) is 18.3 Å². The van der Waals surface area contributed by atoms with Crippen molar-refractivity contribution < 1.29 is 23.0 Å². The predicted octanol–water partition coefficient (Wildman–Crippen LogP) is 1.73. The van der Waals surface area contributed by atoms with E-state index in [4.69, 9.17) is 0 Å². The van der Waals surface area contributed by atoms with Crippen LogP contribution in [0, 0.1) is 11.8 Å². The van der Waals surface area contributed by atoms with Gasteiger partial charge in [0, 0.05) is 0 Å². The van der Waals surface area contributed by atoms with Crippen molar-refractivity contribution in [1.29, 1.82) is 0 Å². The number of halogens is 3. The topological polar surface area (TPSA) is 29.5 Å². The lowest BCUT2D eigenvalue weighted by molar-refractivity contribution is -0.182. The van der Waals surface area contributed by atoms with Crippen LogP contribution in [0.4, 0.5) is 13.2 Å². The van der Waals surface area contributed by atoms with Crippen LogP contribution in [0.3, 0.4) is 0 Å². The summed E-state index contributed by atoms with van der Waals surface area (Å²) in [7, 11) is 0. The number of hydrogen-bond donors (Lipinski definition) is 1. The van der Waals surface area contributed by atoms with Gasteiger partial charge in [0.25, 0.3) is 0 Å². The highest BCUT2D eigenvalue weighted by Gasteiger charge is 2.65. The number of alkyl halides is 3. The largest absolute Gasteiger partial charge is 0.411 e. The quantitative estimate of drug-likeness (QED) is 0.768. The predicted molar refractivity (Wildman–Crippen MR) is 42.7 cm³/mol. The molecule has 0 bridgehead atoms. The Morgan fingerprint density at radius 3 is 2.36 bits per heavy atom. The molecule has 2 unspecified atom stereocenters. The molecule has 1 N–H and O–H groups in total. The molecule has 2 saturated carbocycles. The fourth-order valence-electron chi connectivity index (χ4n) is 2.59. The molecule has 0 aromatic carbocycles. The summed E-state index contributed by atoms with van der Waals surface area (Å²) in [5, 5.41) is 9.81. The highest BCUT2D eigenvalue weighted by Crippen LogP contribution is 2.60. The monoisotopic (exact) mass is 210 g/mol. The first kappa shape index (κ1) is 10.2. The summed E-state index contributed by atoms with van der Waals surface area (Å²) in [6, 6.07) is 0. The minimum absolute atomic E-state index is 0.165. The lowest BCUT2D eigenvalue weighted by Gasteiger charge is -2.15. The first-order chi connectivity index (χ1) is 6.43. The Labute approximate surface area is 80.1 Å². The Kier molecular flexibility index (Phi) is 2.27. The molecule has 0 aromatic heterocycles. The SMILES string of the molecule is OC1(COCC(F)(F)F)C2CCCC21. The zero-order chi connectivity index (χ0) is 10.4. The molecule has 0 heterocycles. The van der Waals surface area contributed by atoms with Gasteiger partial charge >= 0.3 is 6.18 Å². The van der Waals surface area contributed by atoms with E-state index in [1.165, 1.54) is 0 Å². The Morgan fingerprint density at radius 1 is 1.29 bits per heavy atom. The second kappa shape index (κ2) is 3.10. The lowest BCUT2D eigenvalue weighted by Crippen LogP contribution is -2.27. The fraction of sp³-hybridized carbons (Fsp3) is 1.00. The van der Waals surface area contributed by atoms with E-state index in [1.807, 2.05) is 0 Å². The van der Waals surface area contributed by atoms with E-state index in [0.717, 1.165) is 19.3 Å². The van der Waals surface area contributed by atoms with Gasteiger partial charge in [0.05, 0.1) is 12.2 Å². The highest BCUT2D eigenvalue weighted by molar-refractivity contribution is 5.14. The third kappa shape index (κ3) is 1.75. The van der Waals surface area contributed by atoms with Crippen LogP contribution in [0.5, 0.6) is 0 Å². The summed E-state index contributed by atoms with van der Waals surface area (Å²) in [5.41, 5.74) is -0.941. The fourth-order valence-corrected chi connectivity index (χ4v) is 2.59. The van der Waals surface area contributed by atoms with Crippen molar-refractivity contribution >= 4 is 0 Å². The number of rotatable bonds is 3. The third-order valence-electron chi connectivity index (χ3n) is 3.29. The minimum Gasteiger partial charge on any atom is -0.387 e. The van der Waals surface area contributed by atoms with Gasteiger partial charge < -0.3 is 9.84 Å². The van der Waals surface area contributed by atoms with Crippen LogP contribution in [-0.4, -0.2) is 30.1 Å². The summed E-state index contributed by atoms with van der Waals surface area (Å²) in [6.45, 7) is -1.42. The van der Waals surface area contributed by atoms with Crippen LogP contribution in [0.25, 0.3) is 0 Å². The van der Waals surface area contributed by atoms with E-state index < -0.39 is 18.4 Å². The molecular formula is C9H13F3O2. The molecule has 0 aliphatic heterocycles. The maximum absolute atomic E-state index is 11.7. The normalized spacial score (nSPS) is 41.1. The first-order valence-corrected chi connectivity index (χ1v) is 4.80. The molecule has 82 valence electrons. The Morgan fingerprint density at radius 2 is 1.86 bits per heavy atom. The van der Waals surface area contributed by atoms with Gasteiger partial charge in [-0.2, -0.15) is 13.2 Å². The number of fused-ring (bicyclic) bond motifs is 1. The van der Waals surface area contributed by atoms with Crippen LogP contribution in [-0.2, 0) is 4.74 Å². The third-order valence-corrected chi connectivity index (χ3v) is 3.29. The van der Waals surface area contributed by atoms with Gasteiger partial charge in [-0.25, -0.2) is 0 Å².